The topological polar surface area (TPSA) is 142 Å². The van der Waals surface area contributed by atoms with Crippen LogP contribution in [0, 0.1) is 6.92 Å². The maximum absolute atomic E-state index is 13.0. The summed E-state index contributed by atoms with van der Waals surface area (Å²) in [5, 5.41) is 2.77. The standard InChI is InChI=1S/C29H36N6O5/c1-6-39-27(37)24-23(19-11-13-20(14-12-19)26(36)32-22-15-10-18(2)17-31-22)33-25(35(24)30)21-9-7-8-16-34(21)28(38)40-29(3,4)5/h10-15,17,21H,6-9,16,30H2,1-5H3,(H,31,32,36)/t21-/m0/s1. The van der Waals surface area contributed by atoms with Gasteiger partial charge in [-0.3, -0.25) is 9.69 Å². The summed E-state index contributed by atoms with van der Waals surface area (Å²) in [5.41, 5.74) is 1.66. The van der Waals surface area contributed by atoms with E-state index in [-0.39, 0.29) is 18.2 Å². The Kier molecular flexibility index (Phi) is 8.41. The molecule has 4 rings (SSSR count). The molecule has 0 saturated carbocycles. The number of aromatic nitrogens is 3. The fourth-order valence-corrected chi connectivity index (χ4v) is 4.53. The van der Waals surface area contributed by atoms with Crippen molar-refractivity contribution in [3.63, 3.8) is 0 Å². The lowest BCUT2D eigenvalue weighted by molar-refractivity contribution is 0.00820. The van der Waals surface area contributed by atoms with E-state index in [4.69, 9.17) is 20.3 Å². The summed E-state index contributed by atoms with van der Waals surface area (Å²) < 4.78 is 12.1. The Hall–Kier alpha value is -4.41. The number of piperidine rings is 1. The molecule has 1 aliphatic heterocycles. The average molecular weight is 549 g/mol. The van der Waals surface area contributed by atoms with Crippen LogP contribution < -0.4 is 11.2 Å². The number of pyridine rings is 1. The first-order valence-electron chi connectivity index (χ1n) is 13.4. The lowest BCUT2D eigenvalue weighted by atomic mass is 10.0. The normalized spacial score (nSPS) is 15.4. The van der Waals surface area contributed by atoms with E-state index in [9.17, 15) is 14.4 Å². The molecule has 1 atom stereocenters. The molecule has 11 nitrogen and oxygen atoms in total. The summed E-state index contributed by atoms with van der Waals surface area (Å²) in [7, 11) is 0. The monoisotopic (exact) mass is 548 g/mol. The molecule has 1 saturated heterocycles. The predicted molar refractivity (Wildman–Crippen MR) is 150 cm³/mol. The smallest absolute Gasteiger partial charge is 0.410 e. The second-order valence-electron chi connectivity index (χ2n) is 10.7. The molecular weight excluding hydrogens is 512 g/mol. The number of rotatable bonds is 6. The van der Waals surface area contributed by atoms with Gasteiger partial charge in [-0.2, -0.15) is 0 Å². The van der Waals surface area contributed by atoms with Gasteiger partial charge >= 0.3 is 12.1 Å². The van der Waals surface area contributed by atoms with E-state index < -0.39 is 23.7 Å². The Bertz CT molecular complexity index is 1380. The highest BCUT2D eigenvalue weighted by Gasteiger charge is 2.36. The Morgan fingerprint density at radius 1 is 1.10 bits per heavy atom. The van der Waals surface area contributed by atoms with Gasteiger partial charge in [-0.1, -0.05) is 18.2 Å². The number of imidazole rings is 1. The zero-order valence-corrected chi connectivity index (χ0v) is 23.6. The highest BCUT2D eigenvalue weighted by Crippen LogP contribution is 2.35. The number of hydrogen-bond donors (Lipinski definition) is 2. The van der Waals surface area contributed by atoms with Gasteiger partial charge < -0.3 is 20.6 Å². The minimum Gasteiger partial charge on any atom is -0.461 e. The SMILES string of the molecule is CCOC(=O)c1c(-c2ccc(C(=O)Nc3ccc(C)cn3)cc2)nc([C@@H]2CCCCN2C(=O)OC(C)(C)C)n1N. The first-order chi connectivity index (χ1) is 19.0. The first-order valence-corrected chi connectivity index (χ1v) is 13.4. The molecule has 1 aromatic carbocycles. The van der Waals surface area contributed by atoms with E-state index in [1.54, 1.807) is 48.4 Å². The highest BCUT2D eigenvalue weighted by molar-refractivity contribution is 6.04. The van der Waals surface area contributed by atoms with Gasteiger partial charge in [0.2, 0.25) is 0 Å². The van der Waals surface area contributed by atoms with Crippen LogP contribution >= 0.6 is 0 Å². The summed E-state index contributed by atoms with van der Waals surface area (Å²) in [5.74, 6) is 6.31. The van der Waals surface area contributed by atoms with E-state index >= 15 is 0 Å². The molecule has 0 aliphatic carbocycles. The molecule has 11 heteroatoms. The molecule has 0 bridgehead atoms. The molecule has 0 unspecified atom stereocenters. The Morgan fingerprint density at radius 2 is 1.82 bits per heavy atom. The molecule has 1 aliphatic rings. The van der Waals surface area contributed by atoms with E-state index in [2.05, 4.69) is 10.3 Å². The lowest BCUT2D eigenvalue weighted by Gasteiger charge is -2.36. The van der Waals surface area contributed by atoms with Crippen molar-refractivity contribution in [1.82, 2.24) is 19.5 Å². The van der Waals surface area contributed by atoms with E-state index in [0.717, 1.165) is 18.4 Å². The van der Waals surface area contributed by atoms with Crippen LogP contribution in [-0.4, -0.2) is 56.3 Å². The molecular formula is C29H36N6O5. The van der Waals surface area contributed by atoms with E-state index in [0.29, 0.717) is 41.4 Å². The van der Waals surface area contributed by atoms with Crippen molar-refractivity contribution in [2.75, 3.05) is 24.3 Å². The zero-order chi connectivity index (χ0) is 29.0. The van der Waals surface area contributed by atoms with Gasteiger partial charge in [-0.25, -0.2) is 24.2 Å². The van der Waals surface area contributed by atoms with Gasteiger partial charge in [0.1, 0.15) is 17.1 Å². The third kappa shape index (κ3) is 6.41. The van der Waals surface area contributed by atoms with Crippen LogP contribution in [0.3, 0.4) is 0 Å². The molecule has 40 heavy (non-hydrogen) atoms. The molecule has 3 aromatic rings. The van der Waals surface area contributed by atoms with Crippen molar-refractivity contribution in [3.05, 3.63) is 65.2 Å². The predicted octanol–water partition coefficient (Wildman–Crippen LogP) is 4.86. The van der Waals surface area contributed by atoms with E-state index in [1.807, 2.05) is 33.8 Å². The number of anilines is 1. The Morgan fingerprint density at radius 3 is 2.45 bits per heavy atom. The van der Waals surface area contributed by atoms with Gasteiger partial charge in [0.05, 0.1) is 12.6 Å². The third-order valence-corrected chi connectivity index (χ3v) is 6.41. The van der Waals surface area contributed by atoms with Crippen molar-refractivity contribution >= 4 is 23.8 Å². The largest absolute Gasteiger partial charge is 0.461 e. The lowest BCUT2D eigenvalue weighted by Crippen LogP contribution is -2.43. The number of nitrogens with one attached hydrogen (secondary N) is 1. The summed E-state index contributed by atoms with van der Waals surface area (Å²) in [6.45, 7) is 9.69. The van der Waals surface area contributed by atoms with Crippen LogP contribution in [0.4, 0.5) is 10.6 Å². The number of amides is 2. The number of likely N-dealkylation sites (tertiary alicyclic amines) is 1. The van der Waals surface area contributed by atoms with Gasteiger partial charge in [0.15, 0.2) is 11.5 Å². The Labute approximate surface area is 233 Å². The van der Waals surface area contributed by atoms with Crippen LogP contribution in [-0.2, 0) is 9.47 Å². The second-order valence-corrected chi connectivity index (χ2v) is 10.7. The summed E-state index contributed by atoms with van der Waals surface area (Å²) in [6, 6.07) is 9.77. The number of benzene rings is 1. The minimum absolute atomic E-state index is 0.0626. The molecule has 0 spiro atoms. The number of ether oxygens (including phenoxy) is 2. The number of aryl methyl sites for hydroxylation is 1. The molecule has 3 heterocycles. The van der Waals surface area contributed by atoms with Crippen LogP contribution in [0.1, 0.15) is 85.2 Å². The highest BCUT2D eigenvalue weighted by atomic mass is 16.6. The number of carbonyl (C=O) groups excluding carboxylic acids is 3. The van der Waals surface area contributed by atoms with Crippen molar-refractivity contribution in [2.24, 2.45) is 0 Å². The number of nitrogens with two attached hydrogens (primary N) is 1. The molecule has 3 N–H and O–H groups in total. The van der Waals surface area contributed by atoms with Gasteiger partial charge in [0, 0.05) is 23.9 Å². The van der Waals surface area contributed by atoms with Crippen molar-refractivity contribution in [1.29, 1.82) is 0 Å². The zero-order valence-electron chi connectivity index (χ0n) is 23.6. The minimum atomic E-state index is -0.665. The fraction of sp³-hybridized carbons (Fsp3) is 0.414. The summed E-state index contributed by atoms with van der Waals surface area (Å²) in [4.78, 5) is 49.4. The first kappa shape index (κ1) is 28.6. The van der Waals surface area contributed by atoms with Gasteiger partial charge in [-0.15, -0.1) is 0 Å². The fourth-order valence-electron chi connectivity index (χ4n) is 4.53. The van der Waals surface area contributed by atoms with Crippen LogP contribution in [0.25, 0.3) is 11.3 Å². The van der Waals surface area contributed by atoms with E-state index in [1.165, 1.54) is 4.68 Å². The average Bonchev–Trinajstić information content (AvgIpc) is 3.26. The molecule has 2 amide bonds. The molecule has 212 valence electrons. The van der Waals surface area contributed by atoms with Gasteiger partial charge in [0.25, 0.3) is 5.91 Å². The van der Waals surface area contributed by atoms with Crippen molar-refractivity contribution in [3.8, 4) is 11.3 Å². The molecule has 1 fully saturated rings. The van der Waals surface area contributed by atoms with Crippen LogP contribution in [0.5, 0.6) is 0 Å². The van der Waals surface area contributed by atoms with Crippen molar-refractivity contribution in [2.45, 2.75) is 65.5 Å². The quantitative estimate of drug-likeness (QED) is 0.329. The van der Waals surface area contributed by atoms with Crippen LogP contribution in [0.2, 0.25) is 0 Å². The number of carbonyl (C=O) groups is 3. The number of nitrogen functional groups attached to an aromatic ring is 1. The number of hydrogen-bond acceptors (Lipinski definition) is 8. The maximum Gasteiger partial charge on any atom is 0.410 e. The number of esters is 1. The number of nitrogens with zero attached hydrogens (tertiary/aromatic N) is 4. The molecule has 0 radical (unpaired) electrons. The summed E-state index contributed by atoms with van der Waals surface area (Å²) in [6.07, 6.45) is 3.51. The van der Waals surface area contributed by atoms with Gasteiger partial charge in [-0.05, 0) is 77.6 Å². The summed E-state index contributed by atoms with van der Waals surface area (Å²) >= 11 is 0. The van der Waals surface area contributed by atoms with Crippen LogP contribution in [0.15, 0.2) is 42.6 Å². The van der Waals surface area contributed by atoms with Crippen molar-refractivity contribution < 1.29 is 23.9 Å². The maximum atomic E-state index is 13.0. The third-order valence-electron chi connectivity index (χ3n) is 6.41. The Balaban J connectivity index is 1.67. The molecule has 2 aromatic heterocycles. The second kappa shape index (κ2) is 11.8.